The van der Waals surface area contributed by atoms with E-state index in [1.807, 2.05) is 31.2 Å². The van der Waals surface area contributed by atoms with Gasteiger partial charge in [-0.1, -0.05) is 24.3 Å². The zero-order valence-electron chi connectivity index (χ0n) is 24.8. The minimum Gasteiger partial charge on any atom is -0.397 e. The van der Waals surface area contributed by atoms with E-state index in [-0.39, 0.29) is 11.3 Å². The molecule has 1 amide bonds. The molecule has 1 saturated heterocycles. The molecule has 3 aromatic heterocycles. The number of thiazole rings is 1. The number of imidazole rings is 1. The average Bonchev–Trinajstić information content (AvgIpc) is 3.62. The maximum absolute atomic E-state index is 13.0. The first-order chi connectivity index (χ1) is 20.8. The van der Waals surface area contributed by atoms with Crippen LogP contribution in [0.4, 0.5) is 17.1 Å². The highest BCUT2D eigenvalue weighted by Gasteiger charge is 2.39. The Hall–Kier alpha value is -4.25. The zero-order valence-corrected chi connectivity index (χ0v) is 25.6. The number of carbonyl (C=O) groups excluding carboxylic acids is 1. The molecule has 1 fully saturated rings. The van der Waals surface area contributed by atoms with Gasteiger partial charge < -0.3 is 26.0 Å². The van der Waals surface area contributed by atoms with Crippen molar-refractivity contribution in [2.45, 2.75) is 25.2 Å². The summed E-state index contributed by atoms with van der Waals surface area (Å²) in [6.07, 6.45) is 3.71. The fraction of sp³-hybridized carbons (Fsp3) is 0.303. The number of para-hydroxylation sites is 2. The highest BCUT2D eigenvalue weighted by molar-refractivity contribution is 7.10. The van der Waals surface area contributed by atoms with Gasteiger partial charge in [0, 0.05) is 55.2 Å². The molecule has 0 saturated carbocycles. The van der Waals surface area contributed by atoms with Crippen LogP contribution in [0.25, 0.3) is 17.0 Å². The molecule has 9 nitrogen and oxygen atoms in total. The van der Waals surface area contributed by atoms with Gasteiger partial charge in [-0.2, -0.15) is 0 Å². The van der Waals surface area contributed by atoms with E-state index in [1.165, 1.54) is 0 Å². The number of amides is 1. The highest BCUT2D eigenvalue weighted by atomic mass is 32.1. The van der Waals surface area contributed by atoms with Gasteiger partial charge in [0.1, 0.15) is 16.3 Å². The van der Waals surface area contributed by atoms with Gasteiger partial charge in [-0.05, 0) is 69.8 Å². The molecule has 1 aliphatic rings. The van der Waals surface area contributed by atoms with Gasteiger partial charge in [-0.3, -0.25) is 9.20 Å². The lowest BCUT2D eigenvalue weighted by atomic mass is 9.74. The largest absolute Gasteiger partial charge is 0.397 e. The molecule has 0 atom stereocenters. The number of hydrogen-bond acceptors (Lipinski definition) is 8. The number of benzene rings is 2. The number of rotatable bonds is 9. The van der Waals surface area contributed by atoms with Gasteiger partial charge in [0.05, 0.1) is 28.2 Å². The fourth-order valence-electron chi connectivity index (χ4n) is 5.70. The third kappa shape index (κ3) is 5.86. The molecule has 2 aromatic carbocycles. The van der Waals surface area contributed by atoms with E-state index in [1.54, 1.807) is 23.5 Å². The number of ether oxygens (including phenoxy) is 1. The first-order valence-electron chi connectivity index (χ1n) is 14.5. The standard InChI is InChI=1S/C33H37N7O2S/c1-22-30(40-16-12-25(20-29(40)36-22)35-15-17-39(2)3)28-21-43-32(38-28)33(13-18-42-19-14-33)24-10-8-23(9-11-24)31(41)37-27-7-5-4-6-26(27)34/h4-12,16,20-21,35H,13-15,17-19,34H2,1-3H3,(H,37,41). The Morgan fingerprint density at radius 2 is 1.86 bits per heavy atom. The number of nitrogens with two attached hydrogens (primary N) is 1. The van der Waals surface area contributed by atoms with Crippen LogP contribution in [0.3, 0.4) is 0 Å². The van der Waals surface area contributed by atoms with Gasteiger partial charge in [0.15, 0.2) is 0 Å². The van der Waals surface area contributed by atoms with Crippen molar-refractivity contribution in [2.75, 3.05) is 56.8 Å². The van der Waals surface area contributed by atoms with Gasteiger partial charge in [0.25, 0.3) is 5.91 Å². The summed E-state index contributed by atoms with van der Waals surface area (Å²) in [5, 5.41) is 9.59. The van der Waals surface area contributed by atoms with Crippen molar-refractivity contribution >= 4 is 40.0 Å². The van der Waals surface area contributed by atoms with Gasteiger partial charge >= 0.3 is 0 Å². The van der Waals surface area contributed by atoms with Crippen LogP contribution in [0.2, 0.25) is 0 Å². The molecule has 0 unspecified atom stereocenters. The van der Waals surface area contributed by atoms with Gasteiger partial charge in [-0.25, -0.2) is 9.97 Å². The van der Waals surface area contributed by atoms with Crippen molar-refractivity contribution in [2.24, 2.45) is 0 Å². The van der Waals surface area contributed by atoms with E-state index >= 15 is 0 Å². The number of aryl methyl sites for hydroxylation is 1. The second-order valence-corrected chi connectivity index (χ2v) is 12.1. The van der Waals surface area contributed by atoms with E-state index in [4.69, 9.17) is 20.4 Å². The van der Waals surface area contributed by atoms with Crippen LogP contribution in [-0.2, 0) is 10.2 Å². The predicted octanol–water partition coefficient (Wildman–Crippen LogP) is 5.67. The number of likely N-dealkylation sites (N-methyl/N-ethyl adjacent to an activating group) is 1. The summed E-state index contributed by atoms with van der Waals surface area (Å²) in [5.74, 6) is -0.193. The van der Waals surface area contributed by atoms with Crippen LogP contribution < -0.4 is 16.4 Å². The molecule has 5 aromatic rings. The molecule has 43 heavy (non-hydrogen) atoms. The first kappa shape index (κ1) is 28.9. The molecule has 222 valence electrons. The summed E-state index contributed by atoms with van der Waals surface area (Å²) in [4.78, 5) is 25.2. The molecule has 0 aliphatic carbocycles. The molecule has 0 radical (unpaired) electrons. The van der Waals surface area contributed by atoms with E-state index < -0.39 is 0 Å². The zero-order chi connectivity index (χ0) is 30.0. The maximum Gasteiger partial charge on any atom is 0.255 e. The number of nitrogen functional groups attached to an aromatic ring is 1. The molecular weight excluding hydrogens is 558 g/mol. The number of nitrogens with one attached hydrogen (secondary N) is 2. The highest BCUT2D eigenvalue weighted by Crippen LogP contribution is 2.44. The second-order valence-electron chi connectivity index (χ2n) is 11.3. The normalized spacial score (nSPS) is 14.7. The summed E-state index contributed by atoms with van der Waals surface area (Å²) in [6.45, 7) is 5.17. The Bertz CT molecular complexity index is 1740. The van der Waals surface area contributed by atoms with Gasteiger partial charge in [-0.15, -0.1) is 11.3 Å². The minimum absolute atomic E-state index is 0.193. The van der Waals surface area contributed by atoms with Crippen molar-refractivity contribution in [3.63, 3.8) is 0 Å². The number of pyridine rings is 1. The minimum atomic E-state index is -0.294. The van der Waals surface area contributed by atoms with E-state index in [2.05, 4.69) is 69.9 Å². The fourth-order valence-corrected chi connectivity index (χ4v) is 6.79. The molecular formula is C33H37N7O2S. The maximum atomic E-state index is 13.0. The van der Waals surface area contributed by atoms with Crippen LogP contribution in [0.15, 0.2) is 72.2 Å². The van der Waals surface area contributed by atoms with Crippen LogP contribution in [0.1, 0.15) is 39.5 Å². The quantitative estimate of drug-likeness (QED) is 0.188. The van der Waals surface area contributed by atoms with Crippen molar-refractivity contribution in [3.05, 3.63) is 94.1 Å². The predicted molar refractivity (Wildman–Crippen MR) is 174 cm³/mol. The first-order valence-corrected chi connectivity index (χ1v) is 15.4. The molecule has 6 rings (SSSR count). The lowest BCUT2D eigenvalue weighted by Gasteiger charge is -2.36. The van der Waals surface area contributed by atoms with Gasteiger partial charge in [0.2, 0.25) is 0 Å². The molecule has 0 bridgehead atoms. The molecule has 10 heteroatoms. The van der Waals surface area contributed by atoms with E-state index in [0.717, 1.165) is 64.9 Å². The number of carbonyl (C=O) groups is 1. The summed E-state index contributed by atoms with van der Waals surface area (Å²) >= 11 is 1.68. The summed E-state index contributed by atoms with van der Waals surface area (Å²) in [6, 6.07) is 19.3. The van der Waals surface area contributed by atoms with Crippen molar-refractivity contribution in [1.82, 2.24) is 19.3 Å². The summed E-state index contributed by atoms with van der Waals surface area (Å²) < 4.78 is 7.91. The molecule has 0 spiro atoms. The van der Waals surface area contributed by atoms with Crippen LogP contribution in [0, 0.1) is 6.92 Å². The monoisotopic (exact) mass is 595 g/mol. The Labute approximate surface area is 255 Å². The molecule has 1 aliphatic heterocycles. The molecule has 4 heterocycles. The SMILES string of the molecule is Cc1nc2cc(NCCN(C)C)ccn2c1-c1csc(C2(c3ccc(C(=O)Nc4ccccc4N)cc3)CCOCC2)n1. The Morgan fingerprint density at radius 3 is 2.60 bits per heavy atom. The number of anilines is 3. The number of nitrogens with zero attached hydrogens (tertiary/aromatic N) is 4. The third-order valence-corrected chi connectivity index (χ3v) is 9.15. The Kier molecular flexibility index (Phi) is 8.16. The van der Waals surface area contributed by atoms with Crippen molar-refractivity contribution < 1.29 is 9.53 Å². The van der Waals surface area contributed by atoms with Crippen LogP contribution in [0.5, 0.6) is 0 Å². The second kappa shape index (κ2) is 12.2. The lowest BCUT2D eigenvalue weighted by molar-refractivity contribution is 0.0630. The Morgan fingerprint density at radius 1 is 1.09 bits per heavy atom. The topological polar surface area (TPSA) is 110 Å². The summed E-state index contributed by atoms with van der Waals surface area (Å²) in [5.41, 5.74) is 13.4. The smallest absolute Gasteiger partial charge is 0.255 e. The van der Waals surface area contributed by atoms with Crippen molar-refractivity contribution in [3.8, 4) is 11.4 Å². The summed E-state index contributed by atoms with van der Waals surface area (Å²) in [7, 11) is 4.14. The van der Waals surface area contributed by atoms with Crippen molar-refractivity contribution in [1.29, 1.82) is 0 Å². The van der Waals surface area contributed by atoms with Crippen LogP contribution in [-0.4, -0.2) is 65.6 Å². The average molecular weight is 596 g/mol. The number of aromatic nitrogens is 3. The third-order valence-electron chi connectivity index (χ3n) is 8.10. The van der Waals surface area contributed by atoms with E-state index in [0.29, 0.717) is 30.2 Å². The number of fused-ring (bicyclic) bond motifs is 1. The van der Waals surface area contributed by atoms with E-state index in [9.17, 15) is 4.79 Å². The lowest BCUT2D eigenvalue weighted by Crippen LogP contribution is -2.35. The van der Waals surface area contributed by atoms with Crippen LogP contribution >= 0.6 is 11.3 Å². The number of hydrogen-bond donors (Lipinski definition) is 3. The Balaban J connectivity index is 1.27. The molecule has 4 N–H and O–H groups in total.